The molecule has 0 aromatic carbocycles. The smallest absolute Gasteiger partial charge is 0.0666 e. The van der Waals surface area contributed by atoms with Crippen LogP contribution in [0.2, 0.25) is 0 Å². The Morgan fingerprint density at radius 2 is 2.33 bits per heavy atom. The van der Waals surface area contributed by atoms with Crippen LogP contribution < -0.4 is 5.43 Å². The highest BCUT2D eigenvalue weighted by molar-refractivity contribution is 4.79. The van der Waals surface area contributed by atoms with Gasteiger partial charge in [-0.3, -0.25) is 5.43 Å². The standard InChI is InChI=1S/C6H13N3/c1-6(4-7)5-9(3)8-2/h6,8H,5H2,1-3H3. The molecule has 0 saturated carbocycles. The minimum atomic E-state index is 0.0995. The fourth-order valence-corrected chi connectivity index (χ4v) is 0.543. The Kier molecular flexibility index (Phi) is 4.02. The summed E-state index contributed by atoms with van der Waals surface area (Å²) in [5.41, 5.74) is 2.91. The van der Waals surface area contributed by atoms with Crippen LogP contribution in [0.15, 0.2) is 0 Å². The van der Waals surface area contributed by atoms with E-state index in [4.69, 9.17) is 5.26 Å². The Morgan fingerprint density at radius 1 is 1.78 bits per heavy atom. The fourth-order valence-electron chi connectivity index (χ4n) is 0.543. The molecule has 3 heteroatoms. The summed E-state index contributed by atoms with van der Waals surface area (Å²) in [6, 6.07) is 2.15. The molecule has 0 aliphatic heterocycles. The van der Waals surface area contributed by atoms with E-state index >= 15 is 0 Å². The van der Waals surface area contributed by atoms with Gasteiger partial charge in [0.05, 0.1) is 12.0 Å². The van der Waals surface area contributed by atoms with Crippen LogP contribution in [0.25, 0.3) is 0 Å². The third-order valence-corrected chi connectivity index (χ3v) is 1.15. The second-order valence-electron chi connectivity index (χ2n) is 2.13. The van der Waals surface area contributed by atoms with Gasteiger partial charge >= 0.3 is 0 Å². The van der Waals surface area contributed by atoms with Gasteiger partial charge in [0.15, 0.2) is 0 Å². The maximum absolute atomic E-state index is 8.37. The van der Waals surface area contributed by atoms with Gasteiger partial charge in [-0.25, -0.2) is 5.01 Å². The third kappa shape index (κ3) is 3.95. The van der Waals surface area contributed by atoms with Crippen molar-refractivity contribution in [1.29, 1.82) is 5.26 Å². The lowest BCUT2D eigenvalue weighted by Gasteiger charge is -2.15. The van der Waals surface area contributed by atoms with Crippen molar-refractivity contribution in [2.45, 2.75) is 6.92 Å². The number of nitrogens with zero attached hydrogens (tertiary/aromatic N) is 2. The summed E-state index contributed by atoms with van der Waals surface area (Å²) in [6.45, 7) is 2.67. The number of rotatable bonds is 3. The molecule has 0 aromatic rings. The first-order valence-corrected chi connectivity index (χ1v) is 2.98. The molecule has 52 valence electrons. The number of nitrogens with one attached hydrogen (secondary N) is 1. The number of nitriles is 1. The Labute approximate surface area is 56.2 Å². The minimum Gasteiger partial charge on any atom is -0.259 e. The Balaban J connectivity index is 3.37. The molecular formula is C6H13N3. The first kappa shape index (κ1) is 8.41. The van der Waals surface area contributed by atoms with Crippen molar-refractivity contribution in [3.63, 3.8) is 0 Å². The molecule has 0 aliphatic carbocycles. The molecule has 3 nitrogen and oxygen atoms in total. The van der Waals surface area contributed by atoms with Crippen LogP contribution in [0.1, 0.15) is 6.92 Å². The predicted molar refractivity (Wildman–Crippen MR) is 36.5 cm³/mol. The van der Waals surface area contributed by atoms with Crippen LogP contribution in [0.4, 0.5) is 0 Å². The van der Waals surface area contributed by atoms with Gasteiger partial charge in [-0.05, 0) is 14.0 Å². The molecular weight excluding hydrogens is 114 g/mol. The van der Waals surface area contributed by atoms with Gasteiger partial charge in [0.25, 0.3) is 0 Å². The molecule has 1 atom stereocenters. The van der Waals surface area contributed by atoms with Crippen LogP contribution in [-0.2, 0) is 0 Å². The maximum atomic E-state index is 8.37. The summed E-state index contributed by atoms with van der Waals surface area (Å²) in [5, 5.41) is 10.3. The highest BCUT2D eigenvalue weighted by Crippen LogP contribution is 1.91. The molecule has 9 heavy (non-hydrogen) atoms. The van der Waals surface area contributed by atoms with E-state index < -0.39 is 0 Å². The molecule has 1 unspecified atom stereocenters. The van der Waals surface area contributed by atoms with E-state index in [1.165, 1.54) is 0 Å². The van der Waals surface area contributed by atoms with Crippen LogP contribution in [0.3, 0.4) is 0 Å². The Morgan fingerprint density at radius 3 is 2.67 bits per heavy atom. The molecule has 0 radical (unpaired) electrons. The van der Waals surface area contributed by atoms with Crippen molar-refractivity contribution in [3.05, 3.63) is 0 Å². The average Bonchev–Trinajstić information content (AvgIpc) is 1.87. The normalized spacial score (nSPS) is 13.2. The molecule has 0 amide bonds. The Hall–Kier alpha value is -0.590. The quantitative estimate of drug-likeness (QED) is 0.551. The zero-order chi connectivity index (χ0) is 7.28. The molecule has 0 spiro atoms. The molecule has 0 rings (SSSR count). The van der Waals surface area contributed by atoms with Crippen molar-refractivity contribution in [3.8, 4) is 6.07 Å². The first-order valence-electron chi connectivity index (χ1n) is 2.98. The molecule has 0 heterocycles. The van der Waals surface area contributed by atoms with Gasteiger partial charge in [-0.1, -0.05) is 0 Å². The van der Waals surface area contributed by atoms with Gasteiger partial charge in [0, 0.05) is 13.6 Å². The molecule has 0 aliphatic rings. The summed E-state index contributed by atoms with van der Waals surface area (Å²) >= 11 is 0. The van der Waals surface area contributed by atoms with E-state index in [0.29, 0.717) is 0 Å². The molecule has 0 aromatic heterocycles. The highest BCUT2D eigenvalue weighted by atomic mass is 15.5. The van der Waals surface area contributed by atoms with Crippen LogP contribution in [0.5, 0.6) is 0 Å². The topological polar surface area (TPSA) is 39.1 Å². The minimum absolute atomic E-state index is 0.0995. The molecule has 0 saturated heterocycles. The van der Waals surface area contributed by atoms with E-state index in [9.17, 15) is 0 Å². The third-order valence-electron chi connectivity index (χ3n) is 1.15. The fraction of sp³-hybridized carbons (Fsp3) is 0.833. The van der Waals surface area contributed by atoms with E-state index in [2.05, 4.69) is 11.5 Å². The van der Waals surface area contributed by atoms with Gasteiger partial charge in [-0.2, -0.15) is 5.26 Å². The second kappa shape index (κ2) is 4.30. The predicted octanol–water partition coefficient (Wildman–Crippen LogP) is 0.212. The van der Waals surface area contributed by atoms with Crippen molar-refractivity contribution in [1.82, 2.24) is 10.4 Å². The van der Waals surface area contributed by atoms with Gasteiger partial charge in [0.1, 0.15) is 0 Å². The van der Waals surface area contributed by atoms with E-state index in [0.717, 1.165) is 6.54 Å². The highest BCUT2D eigenvalue weighted by Gasteiger charge is 2.00. The Bertz CT molecular complexity index is 105. The van der Waals surface area contributed by atoms with Gasteiger partial charge in [-0.15, -0.1) is 0 Å². The van der Waals surface area contributed by atoms with Crippen LogP contribution in [0, 0.1) is 17.2 Å². The maximum Gasteiger partial charge on any atom is 0.0666 e. The lowest BCUT2D eigenvalue weighted by molar-refractivity contribution is 0.242. The van der Waals surface area contributed by atoms with Crippen LogP contribution >= 0.6 is 0 Å². The number of hydrogen-bond acceptors (Lipinski definition) is 3. The summed E-state index contributed by atoms with van der Waals surface area (Å²) in [5.74, 6) is 0.0995. The van der Waals surface area contributed by atoms with Crippen molar-refractivity contribution >= 4 is 0 Å². The van der Waals surface area contributed by atoms with E-state index in [-0.39, 0.29) is 5.92 Å². The van der Waals surface area contributed by atoms with Gasteiger partial charge < -0.3 is 0 Å². The summed E-state index contributed by atoms with van der Waals surface area (Å²) in [4.78, 5) is 0. The molecule has 0 bridgehead atoms. The summed E-state index contributed by atoms with van der Waals surface area (Å²) in [6.07, 6.45) is 0. The number of hydrazine groups is 1. The van der Waals surface area contributed by atoms with Gasteiger partial charge in [0.2, 0.25) is 0 Å². The zero-order valence-corrected chi connectivity index (χ0v) is 6.18. The number of hydrogen-bond donors (Lipinski definition) is 1. The van der Waals surface area contributed by atoms with Crippen LogP contribution in [-0.4, -0.2) is 25.6 Å². The lowest BCUT2D eigenvalue weighted by Crippen LogP contribution is -2.34. The SMILES string of the molecule is CNN(C)CC(C)C#N. The van der Waals surface area contributed by atoms with Crippen molar-refractivity contribution in [2.24, 2.45) is 5.92 Å². The zero-order valence-electron chi connectivity index (χ0n) is 6.18. The van der Waals surface area contributed by atoms with E-state index in [1.807, 2.05) is 26.0 Å². The average molecular weight is 127 g/mol. The van der Waals surface area contributed by atoms with Crippen molar-refractivity contribution < 1.29 is 0 Å². The lowest BCUT2D eigenvalue weighted by atomic mass is 10.2. The summed E-state index contributed by atoms with van der Waals surface area (Å²) < 4.78 is 0. The second-order valence-corrected chi connectivity index (χ2v) is 2.13. The molecule has 1 N–H and O–H groups in total. The molecule has 0 fully saturated rings. The largest absolute Gasteiger partial charge is 0.259 e. The van der Waals surface area contributed by atoms with Crippen molar-refractivity contribution in [2.75, 3.05) is 20.6 Å². The first-order chi connectivity index (χ1) is 4.20. The van der Waals surface area contributed by atoms with E-state index in [1.54, 1.807) is 0 Å². The monoisotopic (exact) mass is 127 g/mol. The summed E-state index contributed by atoms with van der Waals surface area (Å²) in [7, 11) is 3.75.